The summed E-state index contributed by atoms with van der Waals surface area (Å²) in [6.07, 6.45) is 0. The van der Waals surface area contributed by atoms with Gasteiger partial charge in [0.05, 0.1) is 12.1 Å². The van der Waals surface area contributed by atoms with Gasteiger partial charge in [0.15, 0.2) is 0 Å². The summed E-state index contributed by atoms with van der Waals surface area (Å²) in [6, 6.07) is 13.2. The fourth-order valence-electron chi connectivity index (χ4n) is 1.75. The van der Waals surface area contributed by atoms with Gasteiger partial charge in [0.25, 0.3) is 0 Å². The molecule has 5 heteroatoms. The predicted molar refractivity (Wildman–Crippen MR) is 79.4 cm³/mol. The van der Waals surface area contributed by atoms with E-state index in [1.807, 2.05) is 31.2 Å². The van der Waals surface area contributed by atoms with Gasteiger partial charge in [-0.1, -0.05) is 17.7 Å². The first-order chi connectivity index (χ1) is 10.1. The number of nitrogens with zero attached hydrogens (tertiary/aromatic N) is 1. The topological polar surface area (TPSA) is 64.9 Å². The van der Waals surface area contributed by atoms with E-state index in [4.69, 9.17) is 5.26 Å². The van der Waals surface area contributed by atoms with E-state index in [0.29, 0.717) is 11.4 Å². The van der Waals surface area contributed by atoms with Crippen molar-refractivity contribution in [3.05, 3.63) is 59.4 Å². The number of amides is 1. The second-order valence-electron chi connectivity index (χ2n) is 4.57. The van der Waals surface area contributed by atoms with Crippen molar-refractivity contribution in [1.82, 2.24) is 0 Å². The maximum absolute atomic E-state index is 13.2. The fraction of sp³-hybridized carbons (Fsp3) is 0.125. The lowest BCUT2D eigenvalue weighted by molar-refractivity contribution is -0.114. The number of aryl methyl sites for hydroxylation is 1. The maximum atomic E-state index is 13.2. The molecule has 0 aliphatic rings. The monoisotopic (exact) mass is 283 g/mol. The summed E-state index contributed by atoms with van der Waals surface area (Å²) in [6.45, 7) is 2.00. The Labute approximate surface area is 122 Å². The lowest BCUT2D eigenvalue weighted by atomic mass is 10.2. The van der Waals surface area contributed by atoms with Gasteiger partial charge < -0.3 is 10.6 Å². The first-order valence-electron chi connectivity index (χ1n) is 6.38. The van der Waals surface area contributed by atoms with Crippen molar-refractivity contribution < 1.29 is 9.18 Å². The standard InChI is InChI=1S/C16H14FN3O/c1-11-2-4-13(5-3-11)20-16(21)10-19-14-6-7-15(17)12(8-14)9-18/h2-8,19H,10H2,1H3,(H,20,21). The number of nitriles is 1. The Bertz CT molecular complexity index is 690. The van der Waals surface area contributed by atoms with Crippen molar-refractivity contribution >= 4 is 17.3 Å². The molecule has 21 heavy (non-hydrogen) atoms. The molecular weight excluding hydrogens is 269 g/mol. The van der Waals surface area contributed by atoms with Crippen LogP contribution in [0.15, 0.2) is 42.5 Å². The Kier molecular flexibility index (Phi) is 4.52. The van der Waals surface area contributed by atoms with Gasteiger partial charge in [-0.25, -0.2) is 4.39 Å². The van der Waals surface area contributed by atoms with Crippen LogP contribution in [0.3, 0.4) is 0 Å². The van der Waals surface area contributed by atoms with Crippen LogP contribution in [-0.2, 0) is 4.79 Å². The largest absolute Gasteiger partial charge is 0.376 e. The Hall–Kier alpha value is -2.87. The van der Waals surface area contributed by atoms with E-state index in [2.05, 4.69) is 10.6 Å². The van der Waals surface area contributed by atoms with Gasteiger partial charge in [0.1, 0.15) is 11.9 Å². The lowest BCUT2D eigenvalue weighted by Gasteiger charge is -2.08. The molecule has 0 heterocycles. The van der Waals surface area contributed by atoms with E-state index in [1.165, 1.54) is 18.2 Å². The Morgan fingerprint density at radius 1 is 1.19 bits per heavy atom. The van der Waals surface area contributed by atoms with Gasteiger partial charge in [0, 0.05) is 11.4 Å². The fourth-order valence-corrected chi connectivity index (χ4v) is 1.75. The number of benzene rings is 2. The molecule has 0 fully saturated rings. The second kappa shape index (κ2) is 6.53. The van der Waals surface area contributed by atoms with Gasteiger partial charge >= 0.3 is 0 Å². The average Bonchev–Trinajstić information content (AvgIpc) is 2.49. The van der Waals surface area contributed by atoms with Crippen LogP contribution in [0.1, 0.15) is 11.1 Å². The van der Waals surface area contributed by atoms with Crippen LogP contribution in [0.5, 0.6) is 0 Å². The van der Waals surface area contributed by atoms with Gasteiger partial charge in [-0.2, -0.15) is 5.26 Å². The molecule has 2 N–H and O–H groups in total. The summed E-state index contributed by atoms with van der Waals surface area (Å²) >= 11 is 0. The van der Waals surface area contributed by atoms with E-state index in [-0.39, 0.29) is 18.0 Å². The number of hydrogen-bond acceptors (Lipinski definition) is 3. The van der Waals surface area contributed by atoms with Gasteiger partial charge in [-0.05, 0) is 37.3 Å². The quantitative estimate of drug-likeness (QED) is 0.906. The maximum Gasteiger partial charge on any atom is 0.243 e. The van der Waals surface area contributed by atoms with Crippen molar-refractivity contribution in [3.63, 3.8) is 0 Å². The van der Waals surface area contributed by atoms with E-state index in [0.717, 1.165) is 5.56 Å². The molecule has 0 aromatic heterocycles. The zero-order valence-corrected chi connectivity index (χ0v) is 11.5. The number of carbonyl (C=O) groups excluding carboxylic acids is 1. The smallest absolute Gasteiger partial charge is 0.243 e. The van der Waals surface area contributed by atoms with E-state index < -0.39 is 5.82 Å². The zero-order chi connectivity index (χ0) is 15.2. The molecular formula is C16H14FN3O. The van der Waals surface area contributed by atoms with Crippen molar-refractivity contribution in [3.8, 4) is 6.07 Å². The summed E-state index contributed by atoms with van der Waals surface area (Å²) in [5.74, 6) is -0.797. The van der Waals surface area contributed by atoms with Crippen molar-refractivity contribution in [2.24, 2.45) is 0 Å². The molecule has 2 aromatic carbocycles. The highest BCUT2D eigenvalue weighted by Crippen LogP contribution is 2.14. The molecule has 106 valence electrons. The molecule has 2 rings (SSSR count). The van der Waals surface area contributed by atoms with Crippen LogP contribution in [0.25, 0.3) is 0 Å². The minimum Gasteiger partial charge on any atom is -0.376 e. The number of hydrogen-bond donors (Lipinski definition) is 2. The first-order valence-corrected chi connectivity index (χ1v) is 6.38. The lowest BCUT2D eigenvalue weighted by Crippen LogP contribution is -2.21. The molecule has 0 spiro atoms. The zero-order valence-electron chi connectivity index (χ0n) is 11.5. The van der Waals surface area contributed by atoms with E-state index in [1.54, 1.807) is 6.07 Å². The van der Waals surface area contributed by atoms with Gasteiger partial charge in [0.2, 0.25) is 5.91 Å². The number of halogens is 1. The van der Waals surface area contributed by atoms with Crippen LogP contribution >= 0.6 is 0 Å². The van der Waals surface area contributed by atoms with Crippen molar-refractivity contribution in [2.45, 2.75) is 6.92 Å². The first kappa shape index (κ1) is 14.5. The molecule has 0 bridgehead atoms. The molecule has 2 aromatic rings. The molecule has 0 saturated heterocycles. The third-order valence-corrected chi connectivity index (χ3v) is 2.88. The van der Waals surface area contributed by atoms with Crippen LogP contribution in [-0.4, -0.2) is 12.5 Å². The molecule has 1 amide bonds. The predicted octanol–water partition coefficient (Wildman–Crippen LogP) is 3.06. The number of anilines is 2. The van der Waals surface area contributed by atoms with Crippen molar-refractivity contribution in [2.75, 3.05) is 17.2 Å². The van der Waals surface area contributed by atoms with E-state index in [9.17, 15) is 9.18 Å². The minimum atomic E-state index is -0.577. The van der Waals surface area contributed by atoms with Gasteiger partial charge in [-0.3, -0.25) is 4.79 Å². The molecule has 0 unspecified atom stereocenters. The van der Waals surface area contributed by atoms with Crippen molar-refractivity contribution in [1.29, 1.82) is 5.26 Å². The summed E-state index contributed by atoms with van der Waals surface area (Å²) < 4.78 is 13.2. The molecule has 4 nitrogen and oxygen atoms in total. The number of carbonyl (C=O) groups is 1. The second-order valence-corrected chi connectivity index (χ2v) is 4.57. The van der Waals surface area contributed by atoms with Crippen LogP contribution in [0, 0.1) is 24.1 Å². The molecule has 0 atom stereocenters. The highest BCUT2D eigenvalue weighted by Gasteiger charge is 2.05. The van der Waals surface area contributed by atoms with Gasteiger partial charge in [-0.15, -0.1) is 0 Å². The SMILES string of the molecule is Cc1ccc(NC(=O)CNc2ccc(F)c(C#N)c2)cc1. The summed E-state index contributed by atoms with van der Waals surface area (Å²) in [5.41, 5.74) is 2.29. The normalized spacial score (nSPS) is 9.76. The summed E-state index contributed by atoms with van der Waals surface area (Å²) in [7, 11) is 0. The Morgan fingerprint density at radius 3 is 2.52 bits per heavy atom. The number of nitrogens with one attached hydrogen (secondary N) is 2. The molecule has 0 radical (unpaired) electrons. The Morgan fingerprint density at radius 2 is 1.86 bits per heavy atom. The average molecular weight is 283 g/mol. The van der Waals surface area contributed by atoms with Crippen LogP contribution in [0.4, 0.5) is 15.8 Å². The molecule has 0 aliphatic carbocycles. The molecule has 0 saturated carbocycles. The third-order valence-electron chi connectivity index (χ3n) is 2.88. The third kappa shape index (κ3) is 4.05. The van der Waals surface area contributed by atoms with Crippen LogP contribution < -0.4 is 10.6 Å². The molecule has 0 aliphatic heterocycles. The Balaban J connectivity index is 1.92. The highest BCUT2D eigenvalue weighted by atomic mass is 19.1. The summed E-state index contributed by atoms with van der Waals surface area (Å²) in [5, 5.41) is 14.3. The minimum absolute atomic E-state index is 0.0321. The van der Waals surface area contributed by atoms with Crippen LogP contribution in [0.2, 0.25) is 0 Å². The van der Waals surface area contributed by atoms with E-state index >= 15 is 0 Å². The number of rotatable bonds is 4. The summed E-state index contributed by atoms with van der Waals surface area (Å²) in [4.78, 5) is 11.8. The highest BCUT2D eigenvalue weighted by molar-refractivity contribution is 5.93.